The molecule has 0 bridgehead atoms. The van der Waals surface area contributed by atoms with Gasteiger partial charge in [0.05, 0.1) is 17.0 Å². The zero-order chi connectivity index (χ0) is 21.8. The molecule has 2 atom stereocenters. The fraction of sp³-hybridized carbons (Fsp3) is 0.348. The van der Waals surface area contributed by atoms with Crippen LogP contribution in [0, 0.1) is 17.3 Å². The largest absolute Gasteiger partial charge is 0.367 e. The number of fused-ring (bicyclic) bond motifs is 1. The lowest BCUT2D eigenvalue weighted by Gasteiger charge is -2.18. The van der Waals surface area contributed by atoms with Gasteiger partial charge in [-0.25, -0.2) is 0 Å². The second-order valence-corrected chi connectivity index (χ2v) is 7.65. The van der Waals surface area contributed by atoms with E-state index in [1.54, 1.807) is 13.1 Å². The molecule has 2 heterocycles. The highest BCUT2D eigenvalue weighted by molar-refractivity contribution is 5.85. The van der Waals surface area contributed by atoms with Crippen molar-refractivity contribution in [3.8, 4) is 17.2 Å². The van der Waals surface area contributed by atoms with E-state index < -0.39 is 18.1 Å². The molecule has 160 valence electrons. The molecule has 2 aromatic carbocycles. The van der Waals surface area contributed by atoms with Gasteiger partial charge in [-0.2, -0.15) is 9.65 Å². The molecule has 1 saturated heterocycles. The molecule has 0 unspecified atom stereocenters. The monoisotopic (exact) mass is 421 g/mol. The number of benzene rings is 2. The van der Waals surface area contributed by atoms with E-state index in [4.69, 9.17) is 4.74 Å². The Bertz CT molecular complexity index is 1110. The maximum Gasteiger partial charge on any atom is 0.251 e. The normalized spacial score (nSPS) is 17.6. The van der Waals surface area contributed by atoms with E-state index in [-0.39, 0.29) is 5.91 Å². The number of ether oxygens (including phenoxy) is 1. The Kier molecular flexibility index (Phi) is 6.26. The van der Waals surface area contributed by atoms with Crippen LogP contribution < -0.4 is 10.6 Å². The van der Waals surface area contributed by atoms with Crippen molar-refractivity contribution in [1.29, 1.82) is 5.26 Å². The lowest BCUT2D eigenvalue weighted by atomic mass is 10.00. The van der Waals surface area contributed by atoms with Crippen molar-refractivity contribution in [2.45, 2.75) is 25.0 Å². The van der Waals surface area contributed by atoms with Gasteiger partial charge in [-0.3, -0.25) is 9.48 Å². The molecule has 3 aromatic rings. The number of hydrogen-bond donors (Lipinski definition) is 2. The minimum Gasteiger partial charge on any atom is -0.367 e. The Morgan fingerprint density at radius 2 is 2.13 bits per heavy atom. The molecule has 0 aliphatic carbocycles. The van der Waals surface area contributed by atoms with Crippen LogP contribution >= 0.6 is 0 Å². The fourth-order valence-electron chi connectivity index (χ4n) is 3.74. The third-order valence-corrected chi connectivity index (χ3v) is 5.44. The van der Waals surface area contributed by atoms with Gasteiger partial charge in [0.1, 0.15) is 12.1 Å². The first kappa shape index (κ1) is 21.0. The SMILES string of the molecule is Cn1nc(F)c2ccc(-c3ccc(C[C@@H](C#N)NC(=O)[C@@H]4CNCCCO4)cc3)cc21. The molecular formula is C23H24FN5O2. The fourth-order valence-corrected chi connectivity index (χ4v) is 3.74. The maximum absolute atomic E-state index is 13.8. The van der Waals surface area contributed by atoms with Crippen LogP contribution in [0.1, 0.15) is 12.0 Å². The number of amides is 1. The van der Waals surface area contributed by atoms with Gasteiger partial charge < -0.3 is 15.4 Å². The van der Waals surface area contributed by atoms with Gasteiger partial charge in [-0.15, -0.1) is 5.10 Å². The van der Waals surface area contributed by atoms with E-state index in [0.717, 1.165) is 35.2 Å². The number of nitrogens with one attached hydrogen (secondary N) is 2. The van der Waals surface area contributed by atoms with Crippen molar-refractivity contribution in [3.63, 3.8) is 0 Å². The van der Waals surface area contributed by atoms with Crippen molar-refractivity contribution in [2.24, 2.45) is 7.05 Å². The summed E-state index contributed by atoms with van der Waals surface area (Å²) in [7, 11) is 1.71. The smallest absolute Gasteiger partial charge is 0.251 e. The summed E-state index contributed by atoms with van der Waals surface area (Å²) in [5.74, 6) is -0.747. The molecule has 2 N–H and O–H groups in total. The second kappa shape index (κ2) is 9.25. The number of halogens is 1. The van der Waals surface area contributed by atoms with Gasteiger partial charge in [-0.05, 0) is 41.8 Å². The quantitative estimate of drug-likeness (QED) is 0.660. The molecule has 0 spiro atoms. The maximum atomic E-state index is 13.8. The molecule has 1 aromatic heterocycles. The lowest BCUT2D eigenvalue weighted by molar-refractivity contribution is -0.132. The van der Waals surface area contributed by atoms with Crippen LogP contribution in [0.2, 0.25) is 0 Å². The van der Waals surface area contributed by atoms with Crippen LogP contribution in [0.3, 0.4) is 0 Å². The zero-order valence-electron chi connectivity index (χ0n) is 17.3. The van der Waals surface area contributed by atoms with E-state index in [2.05, 4.69) is 21.8 Å². The summed E-state index contributed by atoms with van der Waals surface area (Å²) < 4.78 is 20.9. The number of rotatable bonds is 5. The summed E-state index contributed by atoms with van der Waals surface area (Å²) in [5.41, 5.74) is 3.58. The molecule has 0 radical (unpaired) electrons. The standard InChI is InChI=1S/C23H24FN5O2/c1-29-20-12-17(7-8-19(20)22(24)28-29)16-5-3-15(4-6-16)11-18(13-25)27-23(30)21-14-26-9-2-10-31-21/h3-8,12,18,21,26H,2,9-11,14H2,1H3,(H,27,30)/t18-,21-/m0/s1. The summed E-state index contributed by atoms with van der Waals surface area (Å²) in [6.07, 6.45) is 0.682. The second-order valence-electron chi connectivity index (χ2n) is 7.65. The van der Waals surface area contributed by atoms with E-state index in [1.165, 1.54) is 4.68 Å². The summed E-state index contributed by atoms with van der Waals surface area (Å²) in [5, 5.41) is 19.7. The number of aromatic nitrogens is 2. The van der Waals surface area contributed by atoms with Crippen molar-refractivity contribution in [1.82, 2.24) is 20.4 Å². The average molecular weight is 421 g/mol. The molecular weight excluding hydrogens is 397 g/mol. The molecule has 4 rings (SSSR count). The summed E-state index contributed by atoms with van der Waals surface area (Å²) in [4.78, 5) is 12.4. The predicted molar refractivity (Wildman–Crippen MR) is 115 cm³/mol. The molecule has 7 nitrogen and oxygen atoms in total. The summed E-state index contributed by atoms with van der Waals surface area (Å²) in [6.45, 7) is 1.80. The average Bonchev–Trinajstić information content (AvgIpc) is 2.95. The Morgan fingerprint density at radius 1 is 1.35 bits per heavy atom. The number of hydrogen-bond acceptors (Lipinski definition) is 5. The number of nitriles is 1. The van der Waals surface area contributed by atoms with Gasteiger partial charge in [0.2, 0.25) is 5.95 Å². The van der Waals surface area contributed by atoms with Crippen LogP contribution in [-0.2, 0) is 23.0 Å². The van der Waals surface area contributed by atoms with Gasteiger partial charge in [0, 0.05) is 26.6 Å². The molecule has 0 saturated carbocycles. The first-order chi connectivity index (χ1) is 15.0. The van der Waals surface area contributed by atoms with E-state index in [1.807, 2.05) is 36.4 Å². The van der Waals surface area contributed by atoms with Crippen LogP contribution in [0.25, 0.3) is 22.0 Å². The van der Waals surface area contributed by atoms with Crippen molar-refractivity contribution in [2.75, 3.05) is 19.7 Å². The molecule has 1 aliphatic rings. The molecule has 31 heavy (non-hydrogen) atoms. The zero-order valence-corrected chi connectivity index (χ0v) is 17.3. The van der Waals surface area contributed by atoms with E-state index >= 15 is 0 Å². The van der Waals surface area contributed by atoms with Crippen molar-refractivity contribution in [3.05, 3.63) is 54.0 Å². The molecule has 1 fully saturated rings. The Balaban J connectivity index is 1.43. The molecule has 8 heteroatoms. The number of aryl methyl sites for hydroxylation is 1. The van der Waals surface area contributed by atoms with E-state index in [0.29, 0.717) is 25.0 Å². The summed E-state index contributed by atoms with van der Waals surface area (Å²) >= 11 is 0. The lowest BCUT2D eigenvalue weighted by Crippen LogP contribution is -2.46. The number of nitrogens with zero attached hydrogens (tertiary/aromatic N) is 3. The minimum atomic E-state index is -0.640. The van der Waals surface area contributed by atoms with Crippen LogP contribution in [0.5, 0.6) is 0 Å². The van der Waals surface area contributed by atoms with Gasteiger partial charge in [-0.1, -0.05) is 30.3 Å². The Hall–Kier alpha value is -3.28. The highest BCUT2D eigenvalue weighted by Gasteiger charge is 2.23. The third kappa shape index (κ3) is 4.74. The van der Waals surface area contributed by atoms with Crippen LogP contribution in [0.4, 0.5) is 4.39 Å². The third-order valence-electron chi connectivity index (χ3n) is 5.44. The Labute approximate surface area is 179 Å². The predicted octanol–water partition coefficient (Wildman–Crippen LogP) is 2.31. The van der Waals surface area contributed by atoms with Crippen molar-refractivity contribution >= 4 is 16.8 Å². The van der Waals surface area contributed by atoms with Gasteiger partial charge in [0.25, 0.3) is 5.91 Å². The van der Waals surface area contributed by atoms with Gasteiger partial charge >= 0.3 is 0 Å². The number of carbonyl (C=O) groups is 1. The topological polar surface area (TPSA) is 92.0 Å². The highest BCUT2D eigenvalue weighted by Crippen LogP contribution is 2.26. The van der Waals surface area contributed by atoms with Crippen LogP contribution in [0.15, 0.2) is 42.5 Å². The summed E-state index contributed by atoms with van der Waals surface area (Å²) in [6, 6.07) is 14.8. The first-order valence-corrected chi connectivity index (χ1v) is 10.3. The van der Waals surface area contributed by atoms with E-state index in [9.17, 15) is 14.4 Å². The van der Waals surface area contributed by atoms with Crippen LogP contribution in [-0.4, -0.2) is 47.5 Å². The Morgan fingerprint density at radius 3 is 2.90 bits per heavy atom. The first-order valence-electron chi connectivity index (χ1n) is 10.3. The van der Waals surface area contributed by atoms with Gasteiger partial charge in [0.15, 0.2) is 0 Å². The highest BCUT2D eigenvalue weighted by atomic mass is 19.1. The molecule has 1 amide bonds. The van der Waals surface area contributed by atoms with Crippen molar-refractivity contribution < 1.29 is 13.9 Å². The molecule has 1 aliphatic heterocycles. The minimum absolute atomic E-state index is 0.269. The number of carbonyl (C=O) groups excluding carboxylic acids is 1.